The highest BCUT2D eigenvalue weighted by molar-refractivity contribution is 8.24. The average Bonchev–Trinajstić information content (AvgIpc) is 3.23. The maximum Gasteiger partial charge on any atom is 0.333 e. The minimum atomic E-state index is -0.451. The number of benzene rings is 1. The Morgan fingerprint density at radius 1 is 0.635 bits per heavy atom. The Labute approximate surface area is 391 Å². The van der Waals surface area contributed by atoms with E-state index in [0.717, 1.165) is 42.1 Å². The van der Waals surface area contributed by atoms with E-state index in [1.807, 2.05) is 144 Å². The Morgan fingerprint density at radius 3 is 1.24 bits per heavy atom. The monoisotopic (exact) mass is 926 g/mol. The van der Waals surface area contributed by atoms with Gasteiger partial charge in [-0.2, -0.15) is 5.26 Å². The molecule has 1 rings (SSSR count). The molecule has 15 heteroatoms. The van der Waals surface area contributed by atoms with Crippen molar-refractivity contribution in [3.63, 3.8) is 0 Å². The van der Waals surface area contributed by atoms with Gasteiger partial charge in [0.2, 0.25) is 0 Å². The first-order valence-electron chi connectivity index (χ1n) is 20.7. The van der Waals surface area contributed by atoms with Crippen LogP contribution in [0.5, 0.6) is 0 Å². The number of nitrogens with zero attached hydrogens (tertiary/aromatic N) is 3. The number of methoxy groups -OCH3 is 3. The molecule has 0 heterocycles. The number of thioether (sulfide) groups is 1. The molecule has 63 heavy (non-hydrogen) atoms. The molecule has 0 unspecified atom stereocenters. The zero-order chi connectivity index (χ0) is 50.8. The number of nitriles is 1. The van der Waals surface area contributed by atoms with Crippen molar-refractivity contribution in [1.82, 2.24) is 9.80 Å². The third kappa shape index (κ3) is 38.1. The van der Waals surface area contributed by atoms with E-state index in [1.165, 1.54) is 33.1 Å². The molecule has 0 bridgehead atoms. The Balaban J connectivity index is -0.000000217. The number of esters is 5. The molecule has 0 fully saturated rings. The molecule has 0 aliphatic heterocycles. The van der Waals surface area contributed by atoms with Gasteiger partial charge in [0.05, 0.1) is 47.8 Å². The smallest absolute Gasteiger partial charge is 0.333 e. The lowest BCUT2D eigenvalue weighted by molar-refractivity contribution is -0.154. The van der Waals surface area contributed by atoms with E-state index < -0.39 is 4.75 Å². The minimum absolute atomic E-state index is 0.100. The molecule has 0 aliphatic carbocycles. The fourth-order valence-electron chi connectivity index (χ4n) is 3.01. The lowest BCUT2D eigenvalue weighted by Crippen LogP contribution is -2.28. The zero-order valence-corrected chi connectivity index (χ0v) is 44.1. The predicted octanol–water partition coefficient (Wildman–Crippen LogP) is 9.52. The molecule has 0 amide bonds. The van der Waals surface area contributed by atoms with Crippen molar-refractivity contribution in [2.75, 3.05) is 75.8 Å². The molecule has 0 radical (unpaired) electrons. The van der Waals surface area contributed by atoms with E-state index in [2.05, 4.69) is 33.4 Å². The third-order valence-corrected chi connectivity index (χ3v) is 10.2. The van der Waals surface area contributed by atoms with Crippen LogP contribution in [-0.2, 0) is 47.7 Å². The number of hydrogen-bond donors (Lipinski definition) is 0. The van der Waals surface area contributed by atoms with E-state index >= 15 is 0 Å². The molecule has 13 nitrogen and oxygen atoms in total. The van der Waals surface area contributed by atoms with Crippen molar-refractivity contribution in [2.45, 2.75) is 114 Å². The minimum Gasteiger partial charge on any atom is -0.469 e. The lowest BCUT2D eigenvalue weighted by atomic mass is 9.91. The fourth-order valence-corrected chi connectivity index (χ4v) is 4.53. The van der Waals surface area contributed by atoms with Gasteiger partial charge in [-0.1, -0.05) is 88.2 Å². The molecule has 1 aromatic rings. The second-order valence-corrected chi connectivity index (χ2v) is 19.3. The summed E-state index contributed by atoms with van der Waals surface area (Å²) < 4.78 is 23.7. The summed E-state index contributed by atoms with van der Waals surface area (Å²) in [6, 6.07) is 12.0. The first-order chi connectivity index (χ1) is 28.7. The van der Waals surface area contributed by atoms with Crippen LogP contribution in [0.4, 0.5) is 0 Å². The number of hydrogen-bond acceptors (Lipinski definition) is 15. The van der Waals surface area contributed by atoms with Gasteiger partial charge in [-0.05, 0) is 122 Å². The number of thiocarbonyl (C=S) groups is 1. The quantitative estimate of drug-likeness (QED) is 0.0666. The second kappa shape index (κ2) is 36.3. The molecule has 0 N–H and O–H groups in total. The van der Waals surface area contributed by atoms with Crippen LogP contribution in [0.1, 0.15) is 115 Å². The summed E-state index contributed by atoms with van der Waals surface area (Å²) in [5.41, 5.74) is 0.928. The molecule has 0 saturated heterocycles. The summed E-state index contributed by atoms with van der Waals surface area (Å²) in [6.07, 6.45) is 2.45. The molecule has 0 saturated carbocycles. The fraction of sp³-hybridized carbons (Fsp3) is 0.646. The van der Waals surface area contributed by atoms with Gasteiger partial charge in [0.15, 0.2) is 0 Å². The van der Waals surface area contributed by atoms with Crippen LogP contribution in [0.25, 0.3) is 0 Å². The lowest BCUT2D eigenvalue weighted by Gasteiger charge is -2.20. The highest BCUT2D eigenvalue weighted by Gasteiger charge is 2.27. The van der Waals surface area contributed by atoms with E-state index in [9.17, 15) is 24.0 Å². The number of ether oxygens (including phenoxy) is 5. The Kier molecular flexibility index (Phi) is 39.1. The topological polar surface area (TPSA) is 162 Å². The van der Waals surface area contributed by atoms with Gasteiger partial charge in [-0.15, -0.1) is 0 Å². The molecular weight excluding hydrogens is 843 g/mol. The van der Waals surface area contributed by atoms with Crippen molar-refractivity contribution in [1.29, 1.82) is 5.26 Å². The first-order valence-corrected chi connectivity index (χ1v) is 21.9. The number of carbonyl (C=O) groups excluding carboxylic acids is 5. The van der Waals surface area contributed by atoms with Gasteiger partial charge in [0.25, 0.3) is 0 Å². The van der Waals surface area contributed by atoms with Gasteiger partial charge in [-0.3, -0.25) is 14.4 Å². The first kappa shape index (κ1) is 68.0. The number of rotatable bonds is 16. The van der Waals surface area contributed by atoms with Crippen LogP contribution in [0.15, 0.2) is 54.6 Å². The van der Waals surface area contributed by atoms with Crippen molar-refractivity contribution >= 4 is 58.0 Å². The summed E-state index contributed by atoms with van der Waals surface area (Å²) in [7, 11) is 11.9. The van der Waals surface area contributed by atoms with Crippen molar-refractivity contribution < 1.29 is 47.7 Å². The van der Waals surface area contributed by atoms with E-state index in [1.54, 1.807) is 13.8 Å². The van der Waals surface area contributed by atoms with Gasteiger partial charge in [-0.25, -0.2) is 9.59 Å². The van der Waals surface area contributed by atoms with Gasteiger partial charge < -0.3 is 33.5 Å². The maximum absolute atomic E-state index is 11.4. The van der Waals surface area contributed by atoms with Gasteiger partial charge >= 0.3 is 29.8 Å². The van der Waals surface area contributed by atoms with Crippen LogP contribution in [0.2, 0.25) is 0 Å². The van der Waals surface area contributed by atoms with Crippen LogP contribution in [-0.4, -0.2) is 124 Å². The maximum atomic E-state index is 11.4. The normalized spacial score (nSPS) is 10.6. The Hall–Kier alpha value is -4.10. The standard InChI is InChI=1S/C11H11NS2.C10H21NO2.C8H15NO2.2C7H14O2.C5H8O2/c1-11(2,8-12)14-10(13)9-6-4-3-5-7-9;1-6-10(2,3)9(12)13-8-7-11(4)5;1-7(2)8(10)11-6-5-9(3)4;2*1-5-7(2,3)6(8)9-4;1-4(2)5(6)7-3/h3-7H,1-2H3;6-8H2,1-5H3;1,5-6H2,2-4H3;2*5H2,1-4H3;1H2,2-3H3. The van der Waals surface area contributed by atoms with Crippen LogP contribution < -0.4 is 0 Å². The average molecular weight is 926 g/mol. The molecule has 362 valence electrons. The van der Waals surface area contributed by atoms with Crippen LogP contribution >= 0.6 is 24.0 Å². The summed E-state index contributed by atoms with van der Waals surface area (Å²) in [4.78, 5) is 58.0. The van der Waals surface area contributed by atoms with Crippen molar-refractivity contribution in [2.24, 2.45) is 16.2 Å². The second-order valence-electron chi connectivity index (χ2n) is 17.0. The summed E-state index contributed by atoms with van der Waals surface area (Å²) in [5, 5.41) is 8.86. The molecule has 0 spiro atoms. The van der Waals surface area contributed by atoms with Crippen LogP contribution in [0.3, 0.4) is 0 Å². The Morgan fingerprint density at radius 2 is 0.984 bits per heavy atom. The highest BCUT2D eigenvalue weighted by atomic mass is 32.2. The highest BCUT2D eigenvalue weighted by Crippen LogP contribution is 2.28. The third-order valence-electron chi connectivity index (χ3n) is 8.73. The summed E-state index contributed by atoms with van der Waals surface area (Å²) in [5.74, 6) is -1.03. The molecule has 0 aromatic heterocycles. The predicted molar refractivity (Wildman–Crippen MR) is 262 cm³/mol. The molecular formula is C48H83N3O10S2. The molecule has 0 aliphatic rings. The number of likely N-dealkylation sites (N-methyl/N-ethyl adjacent to an activating group) is 2. The zero-order valence-electron chi connectivity index (χ0n) is 42.5. The van der Waals surface area contributed by atoms with Crippen molar-refractivity contribution in [3.05, 3.63) is 60.2 Å². The molecule has 0 atom stereocenters. The van der Waals surface area contributed by atoms with E-state index in [0.29, 0.717) is 24.4 Å². The largest absolute Gasteiger partial charge is 0.469 e. The summed E-state index contributed by atoms with van der Waals surface area (Å²) >= 11 is 6.67. The Bertz CT molecular complexity index is 1540. The molecule has 1 aromatic carbocycles. The van der Waals surface area contributed by atoms with Crippen molar-refractivity contribution in [3.8, 4) is 6.07 Å². The van der Waals surface area contributed by atoms with E-state index in [4.69, 9.17) is 27.0 Å². The summed E-state index contributed by atoms with van der Waals surface area (Å²) in [6.45, 7) is 33.5. The number of carbonyl (C=O) groups is 5. The van der Waals surface area contributed by atoms with Gasteiger partial charge in [0.1, 0.15) is 18.0 Å². The van der Waals surface area contributed by atoms with Crippen LogP contribution in [0, 0.1) is 27.6 Å². The van der Waals surface area contributed by atoms with Gasteiger partial charge in [0, 0.05) is 24.2 Å². The van der Waals surface area contributed by atoms with E-state index in [-0.39, 0.29) is 46.1 Å². The SMILES string of the molecule is C=C(C)C(=O)OC.C=C(C)C(=O)OCCN(C)C.CC(C)(C#N)SC(=S)c1ccccc1.CCC(C)(C)C(=O)OC.CCC(C)(C)C(=O)OC.CCC(C)(C)C(=O)OCCN(C)C.